The normalized spacial score (nSPS) is 14.5. The monoisotopic (exact) mass is 391 g/mol. The molecule has 2 aromatic carbocycles. The number of aromatic nitrogens is 5. The van der Waals surface area contributed by atoms with Crippen molar-refractivity contribution in [2.45, 2.75) is 0 Å². The Balaban J connectivity index is 1.51. The molecule has 0 radical (unpaired) electrons. The molecule has 0 unspecified atom stereocenters. The van der Waals surface area contributed by atoms with Crippen molar-refractivity contribution in [3.63, 3.8) is 0 Å². The van der Waals surface area contributed by atoms with E-state index in [0.29, 0.717) is 28.2 Å². The fourth-order valence-corrected chi connectivity index (χ4v) is 3.56. The summed E-state index contributed by atoms with van der Waals surface area (Å²) < 4.78 is 34.3. The van der Waals surface area contributed by atoms with E-state index in [2.05, 4.69) is 20.3 Å². The van der Waals surface area contributed by atoms with Gasteiger partial charge in [0.05, 0.1) is 11.9 Å². The molecular formula is C19H11F2N7O. The number of fused-ring (bicyclic) bond motifs is 6. The van der Waals surface area contributed by atoms with E-state index >= 15 is 0 Å². The Kier molecular flexibility index (Phi) is 3.13. The molecule has 29 heavy (non-hydrogen) atoms. The van der Waals surface area contributed by atoms with Crippen molar-refractivity contribution in [3.8, 4) is 34.5 Å². The lowest BCUT2D eigenvalue weighted by molar-refractivity contribution is 0.104. The number of hydrogen-bond acceptors (Lipinski definition) is 7. The average molecular weight is 391 g/mol. The minimum absolute atomic E-state index is 0.0497. The molecule has 0 aliphatic carbocycles. The second-order valence-electron chi connectivity index (χ2n) is 6.59. The average Bonchev–Trinajstić information content (AvgIpc) is 3.45. The zero-order chi connectivity index (χ0) is 19.5. The topological polar surface area (TPSA) is 76.1 Å². The maximum Gasteiger partial charge on any atom is 0.296 e. The first-order valence-corrected chi connectivity index (χ1v) is 8.76. The predicted molar refractivity (Wildman–Crippen MR) is 98.7 cm³/mol. The molecule has 142 valence electrons. The van der Waals surface area contributed by atoms with Crippen molar-refractivity contribution in [2.24, 2.45) is 0 Å². The van der Waals surface area contributed by atoms with Gasteiger partial charge in [0, 0.05) is 11.1 Å². The van der Waals surface area contributed by atoms with Crippen molar-refractivity contribution < 1.29 is 13.4 Å². The summed E-state index contributed by atoms with van der Waals surface area (Å²) in [6.45, 7) is 0.0497. The number of halogens is 2. The third kappa shape index (κ3) is 2.29. The van der Waals surface area contributed by atoms with Gasteiger partial charge in [0.2, 0.25) is 11.6 Å². The lowest BCUT2D eigenvalue weighted by atomic mass is 10.1. The molecule has 0 fully saturated rings. The van der Waals surface area contributed by atoms with Crippen LogP contribution >= 0.6 is 0 Å². The summed E-state index contributed by atoms with van der Waals surface area (Å²) in [4.78, 5) is 6.19. The van der Waals surface area contributed by atoms with Crippen LogP contribution in [-0.4, -0.2) is 36.7 Å². The van der Waals surface area contributed by atoms with E-state index in [4.69, 9.17) is 4.52 Å². The quantitative estimate of drug-likeness (QED) is 0.484. The SMILES string of the molecule is Fc1ccc(-c2noc(-c3nnc4n3C3=CN(F)CN3c3ccccc3-4)n2)cc1. The van der Waals surface area contributed by atoms with Gasteiger partial charge in [-0.25, -0.2) is 4.39 Å². The predicted octanol–water partition coefficient (Wildman–Crippen LogP) is 3.53. The summed E-state index contributed by atoms with van der Waals surface area (Å²) in [5.41, 5.74) is 2.25. The van der Waals surface area contributed by atoms with Crippen LogP contribution in [0.1, 0.15) is 0 Å². The van der Waals surface area contributed by atoms with Crippen molar-refractivity contribution in [1.82, 2.24) is 30.0 Å². The van der Waals surface area contributed by atoms with E-state index in [1.165, 1.54) is 18.3 Å². The summed E-state index contributed by atoms with van der Waals surface area (Å²) in [6, 6.07) is 13.3. The zero-order valence-corrected chi connectivity index (χ0v) is 14.7. The molecule has 2 aromatic heterocycles. The van der Waals surface area contributed by atoms with Crippen molar-refractivity contribution in [2.75, 3.05) is 11.6 Å². The molecular weight excluding hydrogens is 380 g/mol. The van der Waals surface area contributed by atoms with Crippen LogP contribution in [-0.2, 0) is 0 Å². The van der Waals surface area contributed by atoms with Gasteiger partial charge in [-0.15, -0.1) is 10.2 Å². The van der Waals surface area contributed by atoms with Crippen LogP contribution in [0, 0.1) is 5.82 Å². The Hall–Kier alpha value is -4.08. The van der Waals surface area contributed by atoms with Crippen LogP contribution in [0.15, 0.2) is 59.3 Å². The van der Waals surface area contributed by atoms with Crippen LogP contribution in [0.3, 0.4) is 0 Å². The minimum Gasteiger partial charge on any atom is -0.330 e. The third-order valence-electron chi connectivity index (χ3n) is 4.86. The molecule has 0 saturated carbocycles. The number of hydrogen-bond donors (Lipinski definition) is 0. The first-order chi connectivity index (χ1) is 14.2. The summed E-state index contributed by atoms with van der Waals surface area (Å²) >= 11 is 0. The smallest absolute Gasteiger partial charge is 0.296 e. The van der Waals surface area contributed by atoms with E-state index in [0.717, 1.165) is 11.3 Å². The Labute approximate surface area is 162 Å². The molecule has 0 bridgehead atoms. The maximum atomic E-state index is 14.1. The van der Waals surface area contributed by atoms with Gasteiger partial charge in [0.15, 0.2) is 5.82 Å². The zero-order valence-electron chi connectivity index (χ0n) is 14.7. The van der Waals surface area contributed by atoms with E-state index in [1.54, 1.807) is 16.7 Å². The fourth-order valence-electron chi connectivity index (χ4n) is 3.56. The van der Waals surface area contributed by atoms with Gasteiger partial charge in [-0.2, -0.15) is 10.1 Å². The van der Waals surface area contributed by atoms with Crippen LogP contribution in [0.4, 0.5) is 14.6 Å². The molecule has 4 heterocycles. The minimum atomic E-state index is -0.355. The van der Waals surface area contributed by atoms with E-state index < -0.39 is 0 Å². The molecule has 4 aromatic rings. The van der Waals surface area contributed by atoms with Gasteiger partial charge in [-0.3, -0.25) is 4.57 Å². The van der Waals surface area contributed by atoms with Gasteiger partial charge in [-0.05, 0) is 36.4 Å². The van der Waals surface area contributed by atoms with Crippen LogP contribution < -0.4 is 4.90 Å². The lowest BCUT2D eigenvalue weighted by Crippen LogP contribution is -2.28. The molecule has 0 N–H and O–H groups in total. The largest absolute Gasteiger partial charge is 0.330 e. The first-order valence-electron chi connectivity index (χ1n) is 8.76. The Morgan fingerprint density at radius 2 is 1.76 bits per heavy atom. The number of rotatable bonds is 2. The molecule has 10 heteroatoms. The van der Waals surface area contributed by atoms with Crippen molar-refractivity contribution in [3.05, 3.63) is 60.5 Å². The van der Waals surface area contributed by atoms with Gasteiger partial charge in [0.25, 0.3) is 5.89 Å². The second-order valence-corrected chi connectivity index (χ2v) is 6.59. The summed E-state index contributed by atoms with van der Waals surface area (Å²) in [5, 5.41) is 13.0. The Bertz CT molecular complexity index is 1280. The molecule has 8 nitrogen and oxygen atoms in total. The summed E-state index contributed by atoms with van der Waals surface area (Å²) in [6.07, 6.45) is 1.36. The van der Waals surface area contributed by atoms with Crippen molar-refractivity contribution >= 4 is 11.5 Å². The van der Waals surface area contributed by atoms with E-state index in [1.807, 2.05) is 29.2 Å². The second kappa shape index (κ2) is 5.71. The number of nitrogens with zero attached hydrogens (tertiary/aromatic N) is 7. The summed E-state index contributed by atoms with van der Waals surface area (Å²) in [5.74, 6) is 1.45. The van der Waals surface area contributed by atoms with E-state index in [-0.39, 0.29) is 24.2 Å². The molecule has 0 saturated heterocycles. The fraction of sp³-hybridized carbons (Fsp3) is 0.0526. The van der Waals surface area contributed by atoms with Gasteiger partial charge in [-0.1, -0.05) is 21.8 Å². The third-order valence-corrected chi connectivity index (χ3v) is 4.86. The van der Waals surface area contributed by atoms with E-state index in [9.17, 15) is 8.87 Å². The van der Waals surface area contributed by atoms with Crippen molar-refractivity contribution in [1.29, 1.82) is 0 Å². The molecule has 0 spiro atoms. The van der Waals surface area contributed by atoms with Crippen LogP contribution in [0.25, 0.3) is 40.3 Å². The van der Waals surface area contributed by atoms with Gasteiger partial charge >= 0.3 is 0 Å². The number of benzene rings is 2. The molecule has 2 aliphatic rings. The van der Waals surface area contributed by atoms with Gasteiger partial charge in [0.1, 0.15) is 18.3 Å². The highest BCUT2D eigenvalue weighted by Crippen LogP contribution is 2.43. The molecule has 6 rings (SSSR count). The number of anilines is 1. The molecule has 0 atom stereocenters. The number of para-hydroxylation sites is 1. The standard InChI is InChI=1S/C19H11F2N7O/c20-12-7-5-11(6-8-12)16-22-19(29-25-16)18-24-23-17-13-3-1-2-4-14(13)27-10-26(21)9-15(27)28(17)18/h1-9H,10H2. The maximum absolute atomic E-state index is 14.1. The van der Waals surface area contributed by atoms with Crippen LogP contribution in [0.2, 0.25) is 0 Å². The highest BCUT2D eigenvalue weighted by Gasteiger charge is 2.36. The van der Waals surface area contributed by atoms with Gasteiger partial charge < -0.3 is 9.42 Å². The van der Waals surface area contributed by atoms with Crippen LogP contribution in [0.5, 0.6) is 0 Å². The lowest BCUT2D eigenvalue weighted by Gasteiger charge is -2.29. The molecule has 0 amide bonds. The highest BCUT2D eigenvalue weighted by molar-refractivity contribution is 5.89. The summed E-state index contributed by atoms with van der Waals surface area (Å²) in [7, 11) is 0. The Morgan fingerprint density at radius 1 is 0.966 bits per heavy atom. The first kappa shape index (κ1) is 15.9. The Morgan fingerprint density at radius 3 is 2.62 bits per heavy atom. The highest BCUT2D eigenvalue weighted by atomic mass is 19.2. The molecule has 2 aliphatic heterocycles.